The van der Waals surface area contributed by atoms with Crippen LogP contribution in [0.5, 0.6) is 0 Å². The summed E-state index contributed by atoms with van der Waals surface area (Å²) in [6.07, 6.45) is 0. The summed E-state index contributed by atoms with van der Waals surface area (Å²) in [7, 11) is -1.46. The minimum absolute atomic E-state index is 1.28. The maximum absolute atomic E-state index is 11.2. The van der Waals surface area contributed by atoms with Gasteiger partial charge in [-0.25, -0.2) is 0 Å². The molecule has 0 aromatic carbocycles. The standard InChI is InChI=1S/BFH2INS/c2-5(4)1-3/h4H2. The molecule has 0 bridgehead atoms. The SMILES string of the molecule is NS(F)=BI. The second kappa shape index (κ2) is 3.23. The normalized spacial score (nSPS) is 14.2. The van der Waals surface area contributed by atoms with Gasteiger partial charge in [-0.05, 0) is 0 Å². The van der Waals surface area contributed by atoms with Crippen LogP contribution in [-0.2, 0) is 0 Å². The van der Waals surface area contributed by atoms with Gasteiger partial charge in [0.1, 0.15) is 0 Å². The van der Waals surface area contributed by atoms with Gasteiger partial charge >= 0.3 is 46.3 Å². The van der Waals surface area contributed by atoms with E-state index in [0.717, 1.165) is 0 Å². The summed E-state index contributed by atoms with van der Waals surface area (Å²) in [5, 5.41) is 4.59. The van der Waals surface area contributed by atoms with E-state index in [1.165, 1.54) is 4.01 Å². The molecule has 0 spiro atoms. The predicted octanol–water partition coefficient (Wildman–Crippen LogP) is 0.983. The van der Waals surface area contributed by atoms with E-state index in [9.17, 15) is 3.89 Å². The molecule has 1 nitrogen and oxygen atoms in total. The third kappa shape index (κ3) is 5.03. The molecule has 0 radical (unpaired) electrons. The Morgan fingerprint density at radius 1 is 2.00 bits per heavy atom. The van der Waals surface area contributed by atoms with Crippen LogP contribution in [-0.4, -0.2) is 4.01 Å². The van der Waals surface area contributed by atoms with Crippen molar-refractivity contribution < 1.29 is 3.89 Å². The summed E-state index contributed by atoms with van der Waals surface area (Å²) in [5.41, 5.74) is 0. The summed E-state index contributed by atoms with van der Waals surface area (Å²) in [4.78, 5) is 0. The van der Waals surface area contributed by atoms with E-state index in [0.29, 0.717) is 0 Å². The molecule has 1 unspecified atom stereocenters. The first-order valence-corrected chi connectivity index (χ1v) is 3.34. The Morgan fingerprint density at radius 2 is 2.20 bits per heavy atom. The van der Waals surface area contributed by atoms with Crippen LogP contribution in [0.1, 0.15) is 0 Å². The molecule has 0 saturated carbocycles. The summed E-state index contributed by atoms with van der Waals surface area (Å²) < 4.78 is 12.4. The van der Waals surface area contributed by atoms with Crippen molar-refractivity contribution in [3.63, 3.8) is 0 Å². The molecule has 0 amide bonds. The molecular formula is H2BFINS. The van der Waals surface area contributed by atoms with Crippen molar-refractivity contribution >= 4 is 37.3 Å². The third-order valence-corrected chi connectivity index (χ3v) is 1.71. The number of hydrogen-bond acceptors (Lipinski definition) is 1. The van der Waals surface area contributed by atoms with Crippen LogP contribution in [0.25, 0.3) is 0 Å². The Bertz CT molecular complexity index is 49.6. The number of nitrogens with two attached hydrogens (primary N) is 1. The van der Waals surface area contributed by atoms with E-state index in [-0.39, 0.29) is 0 Å². The van der Waals surface area contributed by atoms with Crippen LogP contribution in [0.4, 0.5) is 3.89 Å². The first-order chi connectivity index (χ1) is 2.27. The summed E-state index contributed by atoms with van der Waals surface area (Å²) in [6, 6.07) is 0. The van der Waals surface area contributed by atoms with Gasteiger partial charge in [0, 0.05) is 0 Å². The van der Waals surface area contributed by atoms with Gasteiger partial charge in [-0.2, -0.15) is 0 Å². The van der Waals surface area contributed by atoms with Crippen molar-refractivity contribution in [1.82, 2.24) is 0 Å². The van der Waals surface area contributed by atoms with Crippen molar-refractivity contribution in [3.05, 3.63) is 0 Å². The summed E-state index contributed by atoms with van der Waals surface area (Å²) in [6.45, 7) is 0. The maximum atomic E-state index is 11.2. The fraction of sp³-hybridized carbons (Fsp3) is 0. The Balaban J connectivity index is 3.14. The predicted molar refractivity (Wildman–Crippen MR) is 32.7 cm³/mol. The van der Waals surface area contributed by atoms with Crippen molar-refractivity contribution in [2.75, 3.05) is 0 Å². The Hall–Kier alpha value is 1.03. The molecule has 0 heterocycles. The zero-order valence-electron chi connectivity index (χ0n) is 2.32. The average Bonchev–Trinajstić information content (AvgIpc) is 1.38. The van der Waals surface area contributed by atoms with Crippen molar-refractivity contribution in [2.24, 2.45) is 5.14 Å². The molecule has 0 aromatic heterocycles. The van der Waals surface area contributed by atoms with Gasteiger partial charge in [-0.15, -0.1) is 0 Å². The fourth-order valence-corrected chi connectivity index (χ4v) is 0. The molecule has 0 aliphatic heterocycles. The van der Waals surface area contributed by atoms with Crippen LogP contribution in [0.2, 0.25) is 0 Å². The third-order valence-electron chi connectivity index (χ3n) is 0.0851. The summed E-state index contributed by atoms with van der Waals surface area (Å²) >= 11 is 1.76. The van der Waals surface area contributed by atoms with Crippen molar-refractivity contribution in [2.45, 2.75) is 0 Å². The van der Waals surface area contributed by atoms with Crippen LogP contribution in [0.15, 0.2) is 0 Å². The Kier molecular flexibility index (Phi) is 3.90. The van der Waals surface area contributed by atoms with E-state index in [1.54, 1.807) is 22.4 Å². The first-order valence-electron chi connectivity index (χ1n) is 0.844. The van der Waals surface area contributed by atoms with Crippen molar-refractivity contribution in [3.8, 4) is 0 Å². The van der Waals surface area contributed by atoms with E-state index < -0.39 is 10.9 Å². The van der Waals surface area contributed by atoms with Crippen molar-refractivity contribution in [1.29, 1.82) is 0 Å². The van der Waals surface area contributed by atoms with E-state index in [1.807, 2.05) is 0 Å². The molecule has 0 fully saturated rings. The first kappa shape index (κ1) is 6.03. The van der Waals surface area contributed by atoms with Gasteiger partial charge < -0.3 is 0 Å². The van der Waals surface area contributed by atoms with E-state index >= 15 is 0 Å². The Labute approximate surface area is 46.5 Å². The monoisotopic (exact) mass is 205 g/mol. The quantitative estimate of drug-likeness (QED) is 0.462. The molecule has 0 aliphatic rings. The van der Waals surface area contributed by atoms with Gasteiger partial charge in [0.2, 0.25) is 0 Å². The van der Waals surface area contributed by atoms with E-state index in [4.69, 9.17) is 0 Å². The van der Waals surface area contributed by atoms with Crippen LogP contribution in [0, 0.1) is 0 Å². The molecule has 5 heavy (non-hydrogen) atoms. The van der Waals surface area contributed by atoms with Crippen LogP contribution < -0.4 is 5.14 Å². The van der Waals surface area contributed by atoms with Gasteiger partial charge in [0.15, 0.2) is 0 Å². The molecule has 1 atom stereocenters. The molecule has 2 N–H and O–H groups in total. The Morgan fingerprint density at radius 3 is 2.20 bits per heavy atom. The topological polar surface area (TPSA) is 26.0 Å². The number of halogens is 2. The summed E-state index contributed by atoms with van der Waals surface area (Å²) in [5.74, 6) is 0. The molecule has 0 aliphatic carbocycles. The number of rotatable bonds is 0. The van der Waals surface area contributed by atoms with Gasteiger partial charge in [0.05, 0.1) is 0 Å². The number of hydrogen-bond donors (Lipinski definition) is 1. The average molecular weight is 205 g/mol. The minimum atomic E-state index is -1.46. The molecule has 0 rings (SSSR count). The second-order valence-electron chi connectivity index (χ2n) is 0.403. The van der Waals surface area contributed by atoms with Gasteiger partial charge in [-0.3, -0.25) is 0 Å². The van der Waals surface area contributed by atoms with Crippen LogP contribution in [0.3, 0.4) is 0 Å². The zero-order chi connectivity index (χ0) is 4.28. The fourth-order valence-electron chi connectivity index (χ4n) is 0. The molecule has 0 saturated heterocycles. The zero-order valence-corrected chi connectivity index (χ0v) is 5.29. The molecule has 5 heteroatoms. The van der Waals surface area contributed by atoms with E-state index in [2.05, 4.69) is 5.14 Å². The van der Waals surface area contributed by atoms with Gasteiger partial charge in [0.25, 0.3) is 0 Å². The second-order valence-corrected chi connectivity index (χ2v) is 2.74. The van der Waals surface area contributed by atoms with Crippen LogP contribution >= 0.6 is 33.3 Å². The molecular weight excluding hydrogens is 203 g/mol. The molecule has 30 valence electrons. The molecule has 0 aromatic rings. The van der Waals surface area contributed by atoms with Gasteiger partial charge in [-0.1, -0.05) is 0 Å².